The molecule has 9 heteroatoms. The van der Waals surface area contributed by atoms with Crippen molar-refractivity contribution in [3.8, 4) is 11.4 Å². The lowest BCUT2D eigenvalue weighted by Gasteiger charge is -2.35. The zero-order chi connectivity index (χ0) is 26.9. The molecule has 1 aromatic heterocycles. The molecule has 2 fully saturated rings. The van der Waals surface area contributed by atoms with Gasteiger partial charge >= 0.3 is 0 Å². The molecule has 1 unspecified atom stereocenters. The number of nitrogens with zero attached hydrogens (tertiary/aromatic N) is 4. The number of aromatic nitrogens is 2. The van der Waals surface area contributed by atoms with E-state index in [0.29, 0.717) is 31.2 Å². The van der Waals surface area contributed by atoms with Gasteiger partial charge in [-0.05, 0) is 74.2 Å². The second-order valence-electron chi connectivity index (χ2n) is 10.7. The van der Waals surface area contributed by atoms with Crippen molar-refractivity contribution in [2.24, 2.45) is 0 Å². The smallest absolute Gasteiger partial charge is 0.255 e. The minimum Gasteiger partial charge on any atom is -0.492 e. The van der Waals surface area contributed by atoms with E-state index in [1.165, 1.54) is 18.4 Å². The Bertz CT molecular complexity index is 1400. The summed E-state index contributed by atoms with van der Waals surface area (Å²) in [6.45, 7) is 4.84. The van der Waals surface area contributed by atoms with Crippen molar-refractivity contribution in [1.29, 1.82) is 0 Å². The highest BCUT2D eigenvalue weighted by Gasteiger charge is 2.39. The molecule has 6 rings (SSSR count). The Labute approximate surface area is 227 Å². The minimum atomic E-state index is -0.610. The highest BCUT2D eigenvalue weighted by Crippen LogP contribution is 2.31. The number of benzene rings is 2. The first-order valence-electron chi connectivity index (χ1n) is 13.7. The Hall–Kier alpha value is -3.98. The van der Waals surface area contributed by atoms with Crippen LogP contribution in [0.5, 0.6) is 5.75 Å². The fourth-order valence-corrected chi connectivity index (χ4v) is 5.94. The minimum absolute atomic E-state index is 0.168. The van der Waals surface area contributed by atoms with E-state index in [9.17, 15) is 14.4 Å². The Morgan fingerprint density at radius 2 is 1.90 bits per heavy atom. The van der Waals surface area contributed by atoms with Crippen molar-refractivity contribution in [3.05, 3.63) is 77.4 Å². The summed E-state index contributed by atoms with van der Waals surface area (Å²) < 4.78 is 8.34. The van der Waals surface area contributed by atoms with Crippen molar-refractivity contribution < 1.29 is 19.1 Å². The van der Waals surface area contributed by atoms with Crippen LogP contribution in [0.2, 0.25) is 0 Å². The van der Waals surface area contributed by atoms with E-state index in [2.05, 4.69) is 44.0 Å². The Morgan fingerprint density at radius 3 is 2.67 bits per heavy atom. The summed E-state index contributed by atoms with van der Waals surface area (Å²) in [5.41, 5.74) is 3.84. The molecule has 3 aromatic rings. The number of fused-ring (bicyclic) bond motifs is 1. The number of carbonyl (C=O) groups is 3. The van der Waals surface area contributed by atoms with E-state index in [4.69, 9.17) is 4.74 Å². The predicted octanol–water partition coefficient (Wildman–Crippen LogP) is 3.38. The monoisotopic (exact) mass is 527 g/mol. The summed E-state index contributed by atoms with van der Waals surface area (Å²) in [7, 11) is 0. The largest absolute Gasteiger partial charge is 0.492 e. The van der Waals surface area contributed by atoms with Crippen molar-refractivity contribution in [2.75, 3.05) is 13.2 Å². The molecule has 2 aromatic carbocycles. The molecule has 202 valence electrons. The van der Waals surface area contributed by atoms with Crippen LogP contribution in [0.1, 0.15) is 59.4 Å². The summed E-state index contributed by atoms with van der Waals surface area (Å²) in [6, 6.07) is 13.9. The molecule has 9 nitrogen and oxygen atoms in total. The van der Waals surface area contributed by atoms with Crippen LogP contribution in [-0.4, -0.2) is 62.3 Å². The first kappa shape index (κ1) is 25.3. The third-order valence-electron chi connectivity index (χ3n) is 8.11. The highest BCUT2D eigenvalue weighted by atomic mass is 16.5. The number of aryl methyl sites for hydroxylation is 1. The number of hydrogen-bond donors (Lipinski definition) is 1. The Morgan fingerprint density at radius 1 is 1.05 bits per heavy atom. The maximum Gasteiger partial charge on any atom is 0.255 e. The third kappa shape index (κ3) is 5.18. The van der Waals surface area contributed by atoms with Crippen LogP contribution in [0, 0.1) is 6.92 Å². The SMILES string of the molecule is Cc1nccn1-c1ccc(CN2CCCC[C@H]2COc2ccc3c(c2)CN(C2CCC(=O)NC2=O)C3=O)cc1. The summed E-state index contributed by atoms with van der Waals surface area (Å²) in [6.07, 6.45) is 7.84. The number of nitrogens with one attached hydrogen (secondary N) is 1. The first-order chi connectivity index (χ1) is 19.0. The highest BCUT2D eigenvalue weighted by molar-refractivity contribution is 6.05. The Balaban J connectivity index is 1.08. The van der Waals surface area contributed by atoms with Crippen LogP contribution in [0.3, 0.4) is 0 Å². The molecule has 0 aliphatic carbocycles. The van der Waals surface area contributed by atoms with Crippen LogP contribution in [0.25, 0.3) is 5.69 Å². The number of likely N-dealkylation sites (tertiary alicyclic amines) is 1. The van der Waals surface area contributed by atoms with E-state index in [0.717, 1.165) is 42.3 Å². The van der Waals surface area contributed by atoms with Gasteiger partial charge in [0.05, 0.1) is 0 Å². The molecule has 3 aliphatic heterocycles. The van der Waals surface area contributed by atoms with E-state index in [1.807, 2.05) is 31.5 Å². The lowest BCUT2D eigenvalue weighted by Crippen LogP contribution is -2.52. The zero-order valence-corrected chi connectivity index (χ0v) is 22.1. The van der Waals surface area contributed by atoms with E-state index in [1.54, 1.807) is 11.0 Å². The van der Waals surface area contributed by atoms with Crippen LogP contribution in [0.15, 0.2) is 54.9 Å². The van der Waals surface area contributed by atoms with E-state index >= 15 is 0 Å². The second kappa shape index (κ2) is 10.6. The first-order valence-corrected chi connectivity index (χ1v) is 13.7. The van der Waals surface area contributed by atoms with Crippen molar-refractivity contribution >= 4 is 17.7 Å². The van der Waals surface area contributed by atoms with Gasteiger partial charge in [-0.25, -0.2) is 4.98 Å². The molecular weight excluding hydrogens is 494 g/mol. The van der Waals surface area contributed by atoms with Gasteiger partial charge in [-0.2, -0.15) is 0 Å². The van der Waals surface area contributed by atoms with E-state index < -0.39 is 11.9 Å². The predicted molar refractivity (Wildman–Crippen MR) is 144 cm³/mol. The van der Waals surface area contributed by atoms with Gasteiger partial charge < -0.3 is 14.2 Å². The number of imidazole rings is 1. The number of rotatable bonds is 7. The van der Waals surface area contributed by atoms with Gasteiger partial charge in [-0.1, -0.05) is 18.6 Å². The summed E-state index contributed by atoms with van der Waals surface area (Å²) >= 11 is 0. The normalized spacial score (nSPS) is 21.7. The molecule has 4 heterocycles. The summed E-state index contributed by atoms with van der Waals surface area (Å²) in [4.78, 5) is 45.2. The van der Waals surface area contributed by atoms with Gasteiger partial charge in [0.1, 0.15) is 24.2 Å². The van der Waals surface area contributed by atoms with Gasteiger partial charge in [0.25, 0.3) is 5.91 Å². The number of hydrogen-bond acceptors (Lipinski definition) is 6. The molecule has 3 amide bonds. The maximum absolute atomic E-state index is 13.0. The molecule has 0 spiro atoms. The molecular formula is C30H33N5O4. The average molecular weight is 528 g/mol. The van der Waals surface area contributed by atoms with Crippen LogP contribution >= 0.6 is 0 Å². The standard InChI is InChI=1S/C30H33N5O4/c1-20-31-13-15-34(20)23-7-5-21(6-8-23)17-33-14-3-2-4-24(33)19-39-25-9-10-26-22(16-25)18-35(30(26)38)27-11-12-28(36)32-29(27)37/h5-10,13,15-16,24,27H,2-4,11-12,14,17-19H2,1H3,(H,32,36,37)/t24-,27?/m0/s1. The number of piperidine rings is 2. The van der Waals surface area contributed by atoms with Gasteiger partial charge in [-0.15, -0.1) is 0 Å². The van der Waals surface area contributed by atoms with Gasteiger partial charge in [0.15, 0.2) is 0 Å². The van der Waals surface area contributed by atoms with Crippen LogP contribution in [-0.2, 0) is 22.7 Å². The quantitative estimate of drug-likeness (QED) is 0.474. The molecule has 0 saturated carbocycles. The third-order valence-corrected chi connectivity index (χ3v) is 8.11. The fourth-order valence-electron chi connectivity index (χ4n) is 5.94. The second-order valence-corrected chi connectivity index (χ2v) is 10.7. The van der Waals surface area contributed by atoms with Crippen LogP contribution in [0.4, 0.5) is 0 Å². The zero-order valence-electron chi connectivity index (χ0n) is 22.1. The van der Waals surface area contributed by atoms with E-state index in [-0.39, 0.29) is 18.2 Å². The number of ether oxygens (including phenoxy) is 1. The maximum atomic E-state index is 13.0. The summed E-state index contributed by atoms with van der Waals surface area (Å²) in [5, 5.41) is 2.35. The van der Waals surface area contributed by atoms with Gasteiger partial charge in [0.2, 0.25) is 11.8 Å². The Kier molecular flexibility index (Phi) is 6.91. The molecule has 1 N–H and O–H groups in total. The van der Waals surface area contributed by atoms with Crippen LogP contribution < -0.4 is 10.1 Å². The topological polar surface area (TPSA) is 96.8 Å². The lowest BCUT2D eigenvalue weighted by atomic mass is 10.0. The van der Waals surface area contributed by atoms with Crippen molar-refractivity contribution in [1.82, 2.24) is 24.7 Å². The fraction of sp³-hybridized carbons (Fsp3) is 0.400. The molecule has 2 saturated heterocycles. The number of imide groups is 1. The van der Waals surface area contributed by atoms with Crippen molar-refractivity contribution in [2.45, 2.75) is 64.2 Å². The van der Waals surface area contributed by atoms with Gasteiger partial charge in [0, 0.05) is 49.2 Å². The molecule has 39 heavy (non-hydrogen) atoms. The molecule has 0 bridgehead atoms. The number of amides is 3. The lowest BCUT2D eigenvalue weighted by molar-refractivity contribution is -0.136. The average Bonchev–Trinajstić information content (AvgIpc) is 3.51. The van der Waals surface area contributed by atoms with Gasteiger partial charge in [-0.3, -0.25) is 24.6 Å². The molecule has 2 atom stereocenters. The van der Waals surface area contributed by atoms with Crippen molar-refractivity contribution in [3.63, 3.8) is 0 Å². The summed E-state index contributed by atoms with van der Waals surface area (Å²) in [5.74, 6) is 0.855. The molecule has 0 radical (unpaired) electrons. The number of carbonyl (C=O) groups excluding carboxylic acids is 3. The molecule has 3 aliphatic rings.